The molecule has 10 heteroatoms. The van der Waals surface area contributed by atoms with Gasteiger partial charge in [-0.1, -0.05) is 11.8 Å². The molecule has 0 unspecified atom stereocenters. The Labute approximate surface area is 181 Å². The minimum Gasteiger partial charge on any atom is -0.506 e. The third kappa shape index (κ3) is 4.86. The average molecular weight is 442 g/mol. The zero-order valence-corrected chi connectivity index (χ0v) is 17.6. The fraction of sp³-hybridized carbons (Fsp3) is 0.143. The molecule has 1 N–H and O–H groups in total. The third-order valence-electron chi connectivity index (χ3n) is 4.24. The van der Waals surface area contributed by atoms with Crippen LogP contribution in [0.4, 0.5) is 11.4 Å². The molecule has 0 radical (unpaired) electrons. The van der Waals surface area contributed by atoms with Crippen LogP contribution in [0.3, 0.4) is 0 Å². The van der Waals surface area contributed by atoms with E-state index in [-0.39, 0.29) is 22.1 Å². The molecule has 0 fully saturated rings. The fourth-order valence-corrected chi connectivity index (χ4v) is 3.76. The van der Waals surface area contributed by atoms with Crippen LogP contribution < -0.4 is 9.47 Å². The number of nitro benzene ring substituents is 1. The van der Waals surface area contributed by atoms with Gasteiger partial charge in [-0.25, -0.2) is 9.79 Å². The highest BCUT2D eigenvalue weighted by Gasteiger charge is 2.33. The molecular formula is C21H18N2O7S. The molecule has 0 aliphatic carbocycles. The lowest BCUT2D eigenvalue weighted by atomic mass is 10.1. The highest BCUT2D eigenvalue weighted by molar-refractivity contribution is 8.18. The molecule has 2 aromatic carbocycles. The van der Waals surface area contributed by atoms with Crippen LogP contribution in [-0.4, -0.2) is 42.4 Å². The number of nitro groups is 1. The normalized spacial score (nSPS) is 16.0. The lowest BCUT2D eigenvalue weighted by Gasteiger charge is -2.06. The summed E-state index contributed by atoms with van der Waals surface area (Å²) in [5.74, 6) is 0.0906. The van der Waals surface area contributed by atoms with E-state index in [1.807, 2.05) is 0 Å². The number of aliphatic imine (C=N–C) groups is 1. The first kappa shape index (κ1) is 21.9. The van der Waals surface area contributed by atoms with Crippen molar-refractivity contribution < 1.29 is 29.0 Å². The van der Waals surface area contributed by atoms with Crippen molar-refractivity contribution in [1.29, 1.82) is 0 Å². The summed E-state index contributed by atoms with van der Waals surface area (Å²) >= 11 is 1.07. The first-order valence-corrected chi connectivity index (χ1v) is 9.66. The second kappa shape index (κ2) is 9.35. The summed E-state index contributed by atoms with van der Waals surface area (Å²) in [5.41, 5.74) is 0.881. The number of hydrogen-bond donors (Lipinski definition) is 1. The van der Waals surface area contributed by atoms with Crippen LogP contribution in [0.2, 0.25) is 0 Å². The van der Waals surface area contributed by atoms with Crippen molar-refractivity contribution in [1.82, 2.24) is 0 Å². The van der Waals surface area contributed by atoms with E-state index in [2.05, 4.69) is 4.99 Å². The van der Waals surface area contributed by atoms with E-state index in [1.54, 1.807) is 24.3 Å². The number of rotatable bonds is 6. The number of esters is 1. The predicted octanol–water partition coefficient (Wildman–Crippen LogP) is 4.42. The molecule has 1 heterocycles. The Morgan fingerprint density at radius 3 is 2.23 bits per heavy atom. The molecule has 31 heavy (non-hydrogen) atoms. The molecule has 0 saturated heterocycles. The van der Waals surface area contributed by atoms with E-state index in [9.17, 15) is 20.0 Å². The molecule has 9 nitrogen and oxygen atoms in total. The van der Waals surface area contributed by atoms with Crippen LogP contribution in [0.25, 0.3) is 6.08 Å². The van der Waals surface area contributed by atoms with Crippen molar-refractivity contribution in [2.45, 2.75) is 0 Å². The quantitative estimate of drug-likeness (QED) is 0.397. The topological polar surface area (TPSA) is 120 Å². The Morgan fingerprint density at radius 2 is 1.71 bits per heavy atom. The van der Waals surface area contributed by atoms with Gasteiger partial charge in [0, 0.05) is 18.2 Å². The number of non-ortho nitro benzene ring substituents is 1. The van der Waals surface area contributed by atoms with Gasteiger partial charge in [0.05, 0.1) is 36.8 Å². The van der Waals surface area contributed by atoms with E-state index >= 15 is 0 Å². The molecule has 1 aliphatic rings. The average Bonchev–Trinajstić information content (AvgIpc) is 3.07. The van der Waals surface area contributed by atoms with Crippen molar-refractivity contribution in [3.05, 3.63) is 74.4 Å². The molecule has 0 atom stereocenters. The number of aliphatic hydroxyl groups excluding tert-OH is 1. The molecular weight excluding hydrogens is 424 g/mol. The van der Waals surface area contributed by atoms with Gasteiger partial charge in [0.15, 0.2) is 0 Å². The second-order valence-corrected chi connectivity index (χ2v) is 7.19. The molecule has 0 saturated carbocycles. The van der Waals surface area contributed by atoms with Crippen molar-refractivity contribution in [2.24, 2.45) is 4.99 Å². The highest BCUT2D eigenvalue weighted by atomic mass is 32.2. The Bertz CT molecular complexity index is 1100. The Kier molecular flexibility index (Phi) is 6.61. The van der Waals surface area contributed by atoms with Crippen LogP contribution in [0.1, 0.15) is 5.56 Å². The highest BCUT2D eigenvalue weighted by Crippen LogP contribution is 2.40. The first-order chi connectivity index (χ1) is 14.9. The van der Waals surface area contributed by atoms with Gasteiger partial charge in [0.25, 0.3) is 5.69 Å². The van der Waals surface area contributed by atoms with E-state index in [1.165, 1.54) is 45.6 Å². The van der Waals surface area contributed by atoms with Crippen molar-refractivity contribution >= 4 is 40.2 Å². The number of aliphatic hydroxyl groups is 1. The Morgan fingerprint density at radius 1 is 1.10 bits per heavy atom. The summed E-state index contributed by atoms with van der Waals surface area (Å²) in [6, 6.07) is 10.7. The minimum absolute atomic E-state index is 0.0813. The van der Waals surface area contributed by atoms with Gasteiger partial charge in [-0.15, -0.1) is 0 Å². The first-order valence-electron chi connectivity index (χ1n) is 8.84. The van der Waals surface area contributed by atoms with E-state index in [0.29, 0.717) is 27.7 Å². The molecule has 0 amide bonds. The maximum atomic E-state index is 12.3. The van der Waals surface area contributed by atoms with Crippen LogP contribution in [0, 0.1) is 10.1 Å². The van der Waals surface area contributed by atoms with Crippen LogP contribution in [0.15, 0.2) is 63.7 Å². The van der Waals surface area contributed by atoms with E-state index in [4.69, 9.17) is 14.2 Å². The van der Waals surface area contributed by atoms with Crippen molar-refractivity contribution in [3.8, 4) is 11.5 Å². The lowest BCUT2D eigenvalue weighted by molar-refractivity contribution is -0.384. The number of methoxy groups -OCH3 is 3. The molecule has 1 aliphatic heterocycles. The van der Waals surface area contributed by atoms with Gasteiger partial charge in [0.1, 0.15) is 27.9 Å². The van der Waals surface area contributed by atoms with Gasteiger partial charge in [0.2, 0.25) is 0 Å². The standard InChI is InChI=1S/C21H18N2O7S/c1-28-15-8-12(9-16(11-15)29-2)10-17-19(24)18(21(25)30-3)20(31-17)22-13-4-6-14(7-5-13)23(26)27/h4-11,24H,1-3H3. The number of thioether (sulfide) groups is 1. The number of hydrogen-bond acceptors (Lipinski definition) is 9. The molecule has 0 bridgehead atoms. The van der Waals surface area contributed by atoms with Crippen molar-refractivity contribution in [3.63, 3.8) is 0 Å². The minimum atomic E-state index is -0.753. The summed E-state index contributed by atoms with van der Waals surface area (Å²) in [5, 5.41) is 21.7. The van der Waals surface area contributed by atoms with E-state index in [0.717, 1.165) is 11.8 Å². The number of carbonyl (C=O) groups is 1. The summed E-state index contributed by atoms with van der Waals surface area (Å²) in [6.07, 6.45) is 1.66. The summed E-state index contributed by atoms with van der Waals surface area (Å²) < 4.78 is 15.3. The molecule has 2 aromatic rings. The fourth-order valence-electron chi connectivity index (χ4n) is 2.72. The Hall–Kier alpha value is -3.79. The van der Waals surface area contributed by atoms with Crippen LogP contribution in [-0.2, 0) is 9.53 Å². The zero-order chi connectivity index (χ0) is 22.5. The largest absolute Gasteiger partial charge is 0.506 e. The van der Waals surface area contributed by atoms with Crippen LogP contribution in [0.5, 0.6) is 11.5 Å². The Balaban J connectivity index is 2.03. The number of carbonyl (C=O) groups excluding carboxylic acids is 1. The molecule has 0 aromatic heterocycles. The number of nitrogens with zero attached hydrogens (tertiary/aromatic N) is 2. The maximum absolute atomic E-state index is 12.3. The van der Waals surface area contributed by atoms with Crippen LogP contribution >= 0.6 is 11.8 Å². The number of benzene rings is 2. The number of ether oxygens (including phenoxy) is 3. The zero-order valence-electron chi connectivity index (χ0n) is 16.8. The molecule has 160 valence electrons. The van der Waals surface area contributed by atoms with Gasteiger partial charge in [-0.2, -0.15) is 0 Å². The smallest absolute Gasteiger partial charge is 0.344 e. The molecule has 3 rings (SSSR count). The van der Waals surface area contributed by atoms with Gasteiger partial charge >= 0.3 is 5.97 Å². The monoisotopic (exact) mass is 442 g/mol. The van der Waals surface area contributed by atoms with Gasteiger partial charge in [-0.3, -0.25) is 10.1 Å². The summed E-state index contributed by atoms with van der Waals surface area (Å²) in [4.78, 5) is 27.3. The summed E-state index contributed by atoms with van der Waals surface area (Å²) in [7, 11) is 4.25. The predicted molar refractivity (Wildman–Crippen MR) is 117 cm³/mol. The van der Waals surface area contributed by atoms with E-state index < -0.39 is 10.9 Å². The van der Waals surface area contributed by atoms with Crippen molar-refractivity contribution in [2.75, 3.05) is 21.3 Å². The van der Waals surface area contributed by atoms with Gasteiger partial charge < -0.3 is 19.3 Å². The van der Waals surface area contributed by atoms with Gasteiger partial charge in [-0.05, 0) is 35.9 Å². The summed E-state index contributed by atoms with van der Waals surface area (Å²) in [6.45, 7) is 0. The SMILES string of the molecule is COC(=O)C1=C(O)C(=Cc2cc(OC)cc(OC)c2)SC1=Nc1ccc([N+](=O)[O-])cc1. The maximum Gasteiger partial charge on any atom is 0.344 e. The molecule has 0 spiro atoms. The second-order valence-electron chi connectivity index (χ2n) is 6.16. The third-order valence-corrected chi connectivity index (χ3v) is 5.26. The lowest BCUT2D eigenvalue weighted by Crippen LogP contribution is -2.10.